The number of pyridine rings is 1. The molecule has 0 saturated carbocycles. The normalized spacial score (nSPS) is 17.8. The summed E-state index contributed by atoms with van der Waals surface area (Å²) in [5.41, 5.74) is 2.67. The van der Waals surface area contributed by atoms with Crippen LogP contribution in [0.25, 0.3) is 0 Å². The molecule has 106 valence electrons. The van der Waals surface area contributed by atoms with E-state index in [4.69, 9.17) is 4.74 Å². The van der Waals surface area contributed by atoms with E-state index in [0.29, 0.717) is 11.9 Å². The van der Waals surface area contributed by atoms with Gasteiger partial charge in [-0.05, 0) is 58.5 Å². The van der Waals surface area contributed by atoms with Gasteiger partial charge in [-0.25, -0.2) is 4.98 Å². The minimum absolute atomic E-state index is 0.459. The zero-order valence-corrected chi connectivity index (χ0v) is 13.8. The smallest absolute Gasteiger partial charge is 0.213 e. The molecule has 5 heteroatoms. The van der Waals surface area contributed by atoms with Crippen molar-refractivity contribution >= 4 is 27.3 Å². The Kier molecular flexibility index (Phi) is 4.38. The number of aromatic nitrogens is 1. The first kappa shape index (κ1) is 14.0. The van der Waals surface area contributed by atoms with Crippen LogP contribution in [0, 0.1) is 0 Å². The average Bonchev–Trinajstić information content (AvgIpc) is 2.86. The Morgan fingerprint density at radius 1 is 1.50 bits per heavy atom. The van der Waals surface area contributed by atoms with Gasteiger partial charge in [0, 0.05) is 29.7 Å². The zero-order chi connectivity index (χ0) is 13.9. The minimum Gasteiger partial charge on any atom is -0.481 e. The number of nitrogens with zero attached hydrogens (tertiary/aromatic N) is 1. The topological polar surface area (TPSA) is 34.1 Å². The van der Waals surface area contributed by atoms with Crippen molar-refractivity contribution in [2.45, 2.75) is 31.8 Å². The van der Waals surface area contributed by atoms with E-state index in [1.54, 1.807) is 13.3 Å². The second kappa shape index (κ2) is 6.24. The van der Waals surface area contributed by atoms with Crippen LogP contribution >= 0.6 is 27.3 Å². The highest BCUT2D eigenvalue weighted by Gasteiger charge is 2.22. The second-order valence-corrected chi connectivity index (χ2v) is 7.48. The third-order valence-electron chi connectivity index (χ3n) is 3.64. The van der Waals surface area contributed by atoms with Crippen LogP contribution < -0.4 is 10.1 Å². The van der Waals surface area contributed by atoms with Crippen molar-refractivity contribution in [3.63, 3.8) is 0 Å². The maximum Gasteiger partial charge on any atom is 0.213 e. The first-order valence-corrected chi connectivity index (χ1v) is 8.37. The highest BCUT2D eigenvalue weighted by molar-refractivity contribution is 9.11. The molecule has 1 aliphatic rings. The Bertz CT molecular complexity index is 599. The van der Waals surface area contributed by atoms with Crippen LogP contribution in [-0.2, 0) is 13.0 Å². The van der Waals surface area contributed by atoms with Crippen molar-refractivity contribution in [3.05, 3.63) is 44.2 Å². The molecule has 0 amide bonds. The van der Waals surface area contributed by atoms with Crippen LogP contribution in [0.3, 0.4) is 0 Å². The van der Waals surface area contributed by atoms with E-state index in [1.807, 2.05) is 23.5 Å². The number of nitrogens with one attached hydrogen (secondary N) is 1. The second-order valence-electron chi connectivity index (χ2n) is 4.96. The van der Waals surface area contributed by atoms with Gasteiger partial charge in [-0.3, -0.25) is 0 Å². The Balaban J connectivity index is 1.69. The summed E-state index contributed by atoms with van der Waals surface area (Å²) in [7, 11) is 1.65. The SMILES string of the molecule is COc1cc(CNC2CCCc3sc(Br)cc32)ccn1. The van der Waals surface area contributed by atoms with E-state index in [0.717, 1.165) is 6.54 Å². The Morgan fingerprint density at radius 3 is 3.25 bits per heavy atom. The molecule has 2 aromatic rings. The van der Waals surface area contributed by atoms with Gasteiger partial charge in [-0.15, -0.1) is 11.3 Å². The number of thiophene rings is 1. The quantitative estimate of drug-likeness (QED) is 0.899. The van der Waals surface area contributed by atoms with Gasteiger partial charge < -0.3 is 10.1 Å². The number of hydrogen-bond acceptors (Lipinski definition) is 4. The maximum atomic E-state index is 5.16. The van der Waals surface area contributed by atoms with Gasteiger partial charge in [0.15, 0.2) is 0 Å². The van der Waals surface area contributed by atoms with Crippen LogP contribution in [0.4, 0.5) is 0 Å². The molecule has 1 N–H and O–H groups in total. The lowest BCUT2D eigenvalue weighted by Gasteiger charge is -2.23. The highest BCUT2D eigenvalue weighted by Crippen LogP contribution is 2.38. The average molecular weight is 353 g/mol. The third kappa shape index (κ3) is 3.05. The number of rotatable bonds is 4. The van der Waals surface area contributed by atoms with Crippen molar-refractivity contribution in [1.29, 1.82) is 0 Å². The van der Waals surface area contributed by atoms with Crippen molar-refractivity contribution in [2.75, 3.05) is 7.11 Å². The maximum absolute atomic E-state index is 5.16. The van der Waals surface area contributed by atoms with Crippen molar-refractivity contribution in [2.24, 2.45) is 0 Å². The van der Waals surface area contributed by atoms with E-state index >= 15 is 0 Å². The Morgan fingerprint density at radius 2 is 2.40 bits per heavy atom. The summed E-state index contributed by atoms with van der Waals surface area (Å²) < 4.78 is 6.40. The van der Waals surface area contributed by atoms with E-state index in [1.165, 1.54) is 39.1 Å². The van der Waals surface area contributed by atoms with Gasteiger partial charge in [0.05, 0.1) is 10.9 Å². The number of methoxy groups -OCH3 is 1. The van der Waals surface area contributed by atoms with Crippen LogP contribution in [0.15, 0.2) is 28.2 Å². The monoisotopic (exact) mass is 352 g/mol. The molecule has 3 rings (SSSR count). The molecule has 0 radical (unpaired) electrons. The number of halogens is 1. The van der Waals surface area contributed by atoms with Crippen molar-refractivity contribution in [1.82, 2.24) is 10.3 Å². The van der Waals surface area contributed by atoms with E-state index in [2.05, 4.69) is 32.3 Å². The molecule has 0 aliphatic heterocycles. The lowest BCUT2D eigenvalue weighted by Crippen LogP contribution is -2.23. The molecular formula is C15H17BrN2OS. The van der Waals surface area contributed by atoms with Crippen LogP contribution in [0.5, 0.6) is 5.88 Å². The number of hydrogen-bond donors (Lipinski definition) is 1. The van der Waals surface area contributed by atoms with E-state index < -0.39 is 0 Å². The summed E-state index contributed by atoms with van der Waals surface area (Å²) in [6.07, 6.45) is 5.48. The Hall–Kier alpha value is -0.910. The molecule has 1 aliphatic carbocycles. The molecule has 0 saturated heterocycles. The molecule has 0 aromatic carbocycles. The first-order chi connectivity index (χ1) is 9.76. The first-order valence-electron chi connectivity index (χ1n) is 6.76. The molecule has 0 bridgehead atoms. The third-order valence-corrected chi connectivity index (χ3v) is 5.36. The standard InChI is InChI=1S/C15H17BrN2OS/c1-19-15-7-10(5-6-17-15)9-18-12-3-2-4-13-11(12)8-14(16)20-13/h5-8,12,18H,2-4,9H2,1H3. The predicted molar refractivity (Wildman–Crippen MR) is 85.3 cm³/mol. The molecular weight excluding hydrogens is 336 g/mol. The molecule has 0 spiro atoms. The summed E-state index contributed by atoms with van der Waals surface area (Å²) in [6, 6.07) is 6.74. The molecule has 20 heavy (non-hydrogen) atoms. The van der Waals surface area contributed by atoms with Crippen molar-refractivity contribution in [3.8, 4) is 5.88 Å². The fraction of sp³-hybridized carbons (Fsp3) is 0.400. The van der Waals surface area contributed by atoms with E-state index in [9.17, 15) is 0 Å². The predicted octanol–water partition coefficient (Wildman–Crippen LogP) is 4.08. The van der Waals surface area contributed by atoms with Gasteiger partial charge in [-0.1, -0.05) is 0 Å². The zero-order valence-electron chi connectivity index (χ0n) is 11.4. The van der Waals surface area contributed by atoms with Crippen LogP contribution in [0.1, 0.15) is 34.9 Å². The summed E-state index contributed by atoms with van der Waals surface area (Å²) in [6.45, 7) is 0.844. The van der Waals surface area contributed by atoms with Gasteiger partial charge in [0.2, 0.25) is 5.88 Å². The van der Waals surface area contributed by atoms with Gasteiger partial charge in [-0.2, -0.15) is 0 Å². The molecule has 3 nitrogen and oxygen atoms in total. The lowest BCUT2D eigenvalue weighted by molar-refractivity contribution is 0.396. The fourth-order valence-corrected chi connectivity index (χ4v) is 4.47. The van der Waals surface area contributed by atoms with Crippen molar-refractivity contribution < 1.29 is 4.74 Å². The molecule has 2 heterocycles. The van der Waals surface area contributed by atoms with E-state index in [-0.39, 0.29) is 0 Å². The molecule has 1 unspecified atom stereocenters. The minimum atomic E-state index is 0.459. The summed E-state index contributed by atoms with van der Waals surface area (Å²) in [4.78, 5) is 5.66. The van der Waals surface area contributed by atoms with Gasteiger partial charge in [0.1, 0.15) is 0 Å². The lowest BCUT2D eigenvalue weighted by atomic mass is 9.94. The summed E-state index contributed by atoms with van der Waals surface area (Å²) in [5.74, 6) is 0.673. The summed E-state index contributed by atoms with van der Waals surface area (Å²) in [5, 5.41) is 3.66. The van der Waals surface area contributed by atoms with Crippen LogP contribution in [-0.4, -0.2) is 12.1 Å². The highest BCUT2D eigenvalue weighted by atomic mass is 79.9. The number of ether oxygens (including phenoxy) is 1. The number of aryl methyl sites for hydroxylation is 1. The molecule has 0 fully saturated rings. The van der Waals surface area contributed by atoms with Gasteiger partial charge >= 0.3 is 0 Å². The largest absolute Gasteiger partial charge is 0.481 e. The fourth-order valence-electron chi connectivity index (χ4n) is 2.65. The molecule has 2 aromatic heterocycles. The Labute approximate surface area is 131 Å². The summed E-state index contributed by atoms with van der Waals surface area (Å²) >= 11 is 5.47. The number of fused-ring (bicyclic) bond motifs is 1. The van der Waals surface area contributed by atoms with Gasteiger partial charge in [0.25, 0.3) is 0 Å². The molecule has 1 atom stereocenters. The van der Waals surface area contributed by atoms with Crippen LogP contribution in [0.2, 0.25) is 0 Å².